The zero-order valence-electron chi connectivity index (χ0n) is 16.9. The molecule has 0 saturated heterocycles. The molecule has 2 N–H and O–H groups in total. The molecule has 1 saturated carbocycles. The van der Waals surface area contributed by atoms with Gasteiger partial charge in [-0.2, -0.15) is 10.2 Å². The van der Waals surface area contributed by atoms with E-state index >= 15 is 0 Å². The molecule has 0 aromatic carbocycles. The van der Waals surface area contributed by atoms with Crippen LogP contribution in [0.15, 0.2) is 49.1 Å². The first-order chi connectivity index (χ1) is 13.9. The van der Waals surface area contributed by atoms with Crippen LogP contribution in [0.3, 0.4) is 0 Å². The zero-order chi connectivity index (χ0) is 20.6. The molecule has 1 aliphatic carbocycles. The molecule has 3 aromatic heterocycles. The van der Waals surface area contributed by atoms with Crippen molar-refractivity contribution in [1.82, 2.24) is 30.0 Å². The fraction of sp³-hybridized carbons (Fsp3) is 0.429. The molecular weight excluding hydrogens is 368 g/mol. The van der Waals surface area contributed by atoms with Crippen LogP contribution >= 0.6 is 0 Å². The number of hydrogen-bond donors (Lipinski definition) is 2. The predicted molar refractivity (Wildman–Crippen MR) is 108 cm³/mol. The van der Waals surface area contributed by atoms with Crippen LogP contribution in [0.5, 0.6) is 0 Å². The van der Waals surface area contributed by atoms with Gasteiger partial charge in [-0.05, 0) is 48.9 Å². The minimum atomic E-state index is -0.347. The fourth-order valence-electron chi connectivity index (χ4n) is 3.99. The van der Waals surface area contributed by atoms with Crippen LogP contribution in [0.25, 0.3) is 5.52 Å². The summed E-state index contributed by atoms with van der Waals surface area (Å²) in [6.45, 7) is 6.68. The second kappa shape index (κ2) is 7.35. The maximum atomic E-state index is 12.8. The Hall–Kier alpha value is -3.16. The second-order valence-corrected chi connectivity index (χ2v) is 8.27. The molecule has 3 heterocycles. The molecule has 0 aliphatic heterocycles. The monoisotopic (exact) mass is 394 g/mol. The highest BCUT2D eigenvalue weighted by molar-refractivity contribution is 6.00. The number of nitrogens with one attached hydrogen (secondary N) is 2. The summed E-state index contributed by atoms with van der Waals surface area (Å²) in [6.07, 6.45) is 7.78. The number of carbonyl (C=O) groups excluding carboxylic acids is 2. The molecule has 3 unspecified atom stereocenters. The van der Waals surface area contributed by atoms with E-state index in [0.717, 1.165) is 11.9 Å². The largest absolute Gasteiger partial charge is 0.354 e. The lowest BCUT2D eigenvalue weighted by Gasteiger charge is -2.52. The van der Waals surface area contributed by atoms with Crippen LogP contribution in [0, 0.1) is 11.3 Å². The van der Waals surface area contributed by atoms with Crippen molar-refractivity contribution in [3.63, 3.8) is 0 Å². The first-order valence-corrected chi connectivity index (χ1v) is 9.88. The van der Waals surface area contributed by atoms with Gasteiger partial charge >= 0.3 is 0 Å². The SMILES string of the molecule is CC(C(=O)NCC1CC(NC(=O)c2cccn3nccc23)C1(C)C)n1cccn1. The van der Waals surface area contributed by atoms with Gasteiger partial charge in [-0.1, -0.05) is 13.8 Å². The fourth-order valence-corrected chi connectivity index (χ4v) is 3.99. The van der Waals surface area contributed by atoms with E-state index in [1.807, 2.05) is 31.3 Å². The first-order valence-electron chi connectivity index (χ1n) is 9.88. The Morgan fingerprint density at radius 1 is 1.21 bits per heavy atom. The standard InChI is InChI=1S/C21H26N6O2/c1-14(26-11-5-8-23-26)19(28)22-13-15-12-18(21(15,2)3)25-20(29)16-6-4-10-27-17(16)7-9-24-27/h4-11,14-15,18H,12-13H2,1-3H3,(H,22,28)(H,25,29). The third kappa shape index (κ3) is 3.50. The van der Waals surface area contributed by atoms with E-state index in [1.54, 1.807) is 33.9 Å². The summed E-state index contributed by atoms with van der Waals surface area (Å²) in [6, 6.07) is 6.98. The number of carbonyl (C=O) groups is 2. The lowest BCUT2D eigenvalue weighted by Crippen LogP contribution is -2.60. The van der Waals surface area contributed by atoms with Crippen LogP contribution < -0.4 is 10.6 Å². The Labute approximate surface area is 169 Å². The Balaban J connectivity index is 1.33. The third-order valence-electron chi connectivity index (χ3n) is 6.28. The average Bonchev–Trinajstić information content (AvgIpc) is 3.40. The zero-order valence-corrected chi connectivity index (χ0v) is 16.9. The van der Waals surface area contributed by atoms with Crippen LogP contribution in [0.1, 0.15) is 43.6 Å². The van der Waals surface area contributed by atoms with Crippen molar-refractivity contribution in [2.24, 2.45) is 11.3 Å². The molecule has 0 spiro atoms. The van der Waals surface area contributed by atoms with Gasteiger partial charge in [-0.3, -0.25) is 14.3 Å². The van der Waals surface area contributed by atoms with Gasteiger partial charge in [0.1, 0.15) is 6.04 Å². The lowest BCUT2D eigenvalue weighted by molar-refractivity contribution is -0.125. The molecule has 29 heavy (non-hydrogen) atoms. The summed E-state index contributed by atoms with van der Waals surface area (Å²) in [5.74, 6) is 0.153. The minimum Gasteiger partial charge on any atom is -0.354 e. The van der Waals surface area contributed by atoms with E-state index in [-0.39, 0.29) is 29.3 Å². The molecule has 0 radical (unpaired) electrons. The van der Waals surface area contributed by atoms with E-state index in [2.05, 4.69) is 34.7 Å². The van der Waals surface area contributed by atoms with E-state index in [0.29, 0.717) is 18.0 Å². The molecule has 152 valence electrons. The summed E-state index contributed by atoms with van der Waals surface area (Å²) in [5, 5.41) is 14.5. The normalized spacial score (nSPS) is 21.3. The van der Waals surface area contributed by atoms with Gasteiger partial charge in [0.2, 0.25) is 5.91 Å². The highest BCUT2D eigenvalue weighted by Crippen LogP contribution is 2.46. The van der Waals surface area contributed by atoms with Gasteiger partial charge in [0.15, 0.2) is 0 Å². The number of fused-ring (bicyclic) bond motifs is 1. The molecular formula is C21H26N6O2. The number of aromatic nitrogens is 4. The molecule has 3 aromatic rings. The number of rotatable bonds is 6. The van der Waals surface area contributed by atoms with Gasteiger partial charge in [-0.25, -0.2) is 4.52 Å². The van der Waals surface area contributed by atoms with Crippen LogP contribution in [0.4, 0.5) is 0 Å². The third-order valence-corrected chi connectivity index (χ3v) is 6.28. The van der Waals surface area contributed by atoms with Crippen molar-refractivity contribution >= 4 is 17.3 Å². The van der Waals surface area contributed by atoms with Crippen molar-refractivity contribution < 1.29 is 9.59 Å². The number of pyridine rings is 1. The average molecular weight is 394 g/mol. The maximum Gasteiger partial charge on any atom is 0.253 e. The molecule has 1 aliphatic rings. The van der Waals surface area contributed by atoms with Gasteiger partial charge in [-0.15, -0.1) is 0 Å². The first kappa shape index (κ1) is 19.2. The molecule has 1 fully saturated rings. The van der Waals surface area contributed by atoms with E-state index in [4.69, 9.17) is 0 Å². The van der Waals surface area contributed by atoms with Gasteiger partial charge < -0.3 is 10.6 Å². The lowest BCUT2D eigenvalue weighted by atomic mass is 9.58. The minimum absolute atomic E-state index is 0.0515. The summed E-state index contributed by atoms with van der Waals surface area (Å²) < 4.78 is 3.33. The number of nitrogens with zero attached hydrogens (tertiary/aromatic N) is 4. The Morgan fingerprint density at radius 3 is 2.76 bits per heavy atom. The van der Waals surface area contributed by atoms with Crippen molar-refractivity contribution in [3.8, 4) is 0 Å². The maximum absolute atomic E-state index is 12.8. The van der Waals surface area contributed by atoms with E-state index in [9.17, 15) is 9.59 Å². The van der Waals surface area contributed by atoms with E-state index in [1.165, 1.54) is 0 Å². The van der Waals surface area contributed by atoms with Crippen molar-refractivity contribution in [2.75, 3.05) is 6.54 Å². The number of hydrogen-bond acceptors (Lipinski definition) is 4. The van der Waals surface area contributed by atoms with Crippen molar-refractivity contribution in [2.45, 2.75) is 39.3 Å². The summed E-state index contributed by atoms with van der Waals surface area (Å²) in [4.78, 5) is 25.2. The van der Waals surface area contributed by atoms with Gasteiger partial charge in [0.05, 0.1) is 17.3 Å². The Kier molecular flexibility index (Phi) is 4.86. The smallest absolute Gasteiger partial charge is 0.253 e. The molecule has 4 rings (SSSR count). The summed E-state index contributed by atoms with van der Waals surface area (Å²) in [7, 11) is 0. The molecule has 8 heteroatoms. The quantitative estimate of drug-likeness (QED) is 0.669. The van der Waals surface area contributed by atoms with Crippen LogP contribution in [0.2, 0.25) is 0 Å². The number of amides is 2. The predicted octanol–water partition coefficient (Wildman–Crippen LogP) is 2.05. The Morgan fingerprint density at radius 2 is 2.03 bits per heavy atom. The second-order valence-electron chi connectivity index (χ2n) is 8.27. The highest BCUT2D eigenvalue weighted by Gasteiger charge is 2.48. The summed E-state index contributed by atoms with van der Waals surface area (Å²) in [5.41, 5.74) is 1.30. The topological polar surface area (TPSA) is 93.3 Å². The summed E-state index contributed by atoms with van der Waals surface area (Å²) >= 11 is 0. The molecule has 8 nitrogen and oxygen atoms in total. The molecule has 3 atom stereocenters. The van der Waals surface area contributed by atoms with Crippen LogP contribution in [-0.2, 0) is 4.79 Å². The van der Waals surface area contributed by atoms with E-state index < -0.39 is 0 Å². The van der Waals surface area contributed by atoms with Gasteiger partial charge in [0, 0.05) is 31.2 Å². The highest BCUT2D eigenvalue weighted by atomic mass is 16.2. The van der Waals surface area contributed by atoms with Crippen LogP contribution in [-0.4, -0.2) is 43.8 Å². The van der Waals surface area contributed by atoms with Gasteiger partial charge in [0.25, 0.3) is 5.91 Å². The van der Waals surface area contributed by atoms with Crippen molar-refractivity contribution in [1.29, 1.82) is 0 Å². The molecule has 2 amide bonds. The Bertz CT molecular complexity index is 1020. The molecule has 0 bridgehead atoms. The van der Waals surface area contributed by atoms with Crippen molar-refractivity contribution in [3.05, 3.63) is 54.6 Å².